The molecule has 2 rings (SSSR count). The summed E-state index contributed by atoms with van der Waals surface area (Å²) in [4.78, 5) is 10.6. The highest BCUT2D eigenvalue weighted by molar-refractivity contribution is 5.66. The Morgan fingerprint density at radius 2 is 2.07 bits per heavy atom. The Labute approximate surface area is 87.8 Å². The number of hydrogen-bond acceptors (Lipinski definition) is 4. The van der Waals surface area contributed by atoms with Crippen molar-refractivity contribution < 1.29 is 19.0 Å². The van der Waals surface area contributed by atoms with Gasteiger partial charge in [0.25, 0.3) is 0 Å². The van der Waals surface area contributed by atoms with Gasteiger partial charge in [0.05, 0.1) is 0 Å². The summed E-state index contributed by atoms with van der Waals surface area (Å²) in [5.41, 5.74) is 0.898. The van der Waals surface area contributed by atoms with Crippen molar-refractivity contribution in [1.29, 1.82) is 0 Å². The summed E-state index contributed by atoms with van der Waals surface area (Å²) < 4.78 is 15.7. The topological polar surface area (TPSA) is 44.8 Å². The Hall–Kier alpha value is -1.71. The maximum Gasteiger partial charge on any atom is 0.302 e. The van der Waals surface area contributed by atoms with Crippen molar-refractivity contribution in [1.82, 2.24) is 0 Å². The van der Waals surface area contributed by atoms with Gasteiger partial charge in [-0.3, -0.25) is 4.79 Å². The molecule has 1 heterocycles. The van der Waals surface area contributed by atoms with Crippen molar-refractivity contribution in [3.63, 3.8) is 0 Å². The van der Waals surface area contributed by atoms with Crippen LogP contribution in [0, 0.1) is 0 Å². The molecule has 0 unspecified atom stereocenters. The molecule has 0 amide bonds. The van der Waals surface area contributed by atoms with Gasteiger partial charge in [0, 0.05) is 6.92 Å². The zero-order chi connectivity index (χ0) is 10.7. The normalized spacial score (nSPS) is 13.4. The van der Waals surface area contributed by atoms with E-state index in [1.807, 2.05) is 18.2 Å². The predicted molar refractivity (Wildman–Crippen MR) is 52.9 cm³/mol. The summed E-state index contributed by atoms with van der Waals surface area (Å²) in [6.07, 6.45) is 0. The van der Waals surface area contributed by atoms with Crippen LogP contribution in [-0.2, 0) is 16.1 Å². The number of carbonyl (C=O) groups excluding carboxylic acids is 1. The van der Waals surface area contributed by atoms with E-state index >= 15 is 0 Å². The number of benzene rings is 1. The highest BCUT2D eigenvalue weighted by Crippen LogP contribution is 2.30. The van der Waals surface area contributed by atoms with E-state index in [0.717, 1.165) is 11.3 Å². The molecule has 0 bridgehead atoms. The number of esters is 1. The Morgan fingerprint density at radius 3 is 2.80 bits per heavy atom. The molecule has 1 aliphatic rings. The van der Waals surface area contributed by atoms with Crippen LogP contribution in [0.4, 0.5) is 0 Å². The van der Waals surface area contributed by atoms with Crippen LogP contribution in [0.15, 0.2) is 18.2 Å². The fraction of sp³-hybridized carbons (Fsp3) is 0.364. The Kier molecular flexibility index (Phi) is 2.76. The van der Waals surface area contributed by atoms with Gasteiger partial charge in [0.2, 0.25) is 0 Å². The maximum atomic E-state index is 10.6. The van der Waals surface area contributed by atoms with Crippen LogP contribution in [0.5, 0.6) is 11.5 Å². The number of fused-ring (bicyclic) bond motifs is 1. The minimum Gasteiger partial charge on any atom is -0.486 e. The zero-order valence-corrected chi connectivity index (χ0v) is 8.49. The number of hydrogen-bond donors (Lipinski definition) is 0. The lowest BCUT2D eigenvalue weighted by Crippen LogP contribution is -2.15. The smallest absolute Gasteiger partial charge is 0.302 e. The molecule has 0 spiro atoms. The average Bonchev–Trinajstić information content (AvgIpc) is 2.26. The van der Waals surface area contributed by atoms with E-state index in [-0.39, 0.29) is 12.6 Å². The molecule has 0 saturated heterocycles. The SMILES string of the molecule is CC(=O)OCc1ccc2c(c1)OCCO2. The van der Waals surface area contributed by atoms with Crippen LogP contribution < -0.4 is 9.47 Å². The molecule has 1 aliphatic heterocycles. The van der Waals surface area contributed by atoms with Crippen LogP contribution in [0.2, 0.25) is 0 Å². The van der Waals surface area contributed by atoms with Crippen molar-refractivity contribution in [2.45, 2.75) is 13.5 Å². The lowest BCUT2D eigenvalue weighted by atomic mass is 10.2. The largest absolute Gasteiger partial charge is 0.486 e. The molecule has 0 radical (unpaired) electrons. The highest BCUT2D eigenvalue weighted by Gasteiger charge is 2.11. The summed E-state index contributed by atoms with van der Waals surface area (Å²) in [7, 11) is 0. The maximum absolute atomic E-state index is 10.6. The fourth-order valence-corrected chi connectivity index (χ4v) is 1.36. The van der Waals surface area contributed by atoms with Crippen LogP contribution in [0.25, 0.3) is 0 Å². The van der Waals surface area contributed by atoms with Crippen molar-refractivity contribution in [2.75, 3.05) is 13.2 Å². The monoisotopic (exact) mass is 208 g/mol. The van der Waals surface area contributed by atoms with Crippen LogP contribution in [-0.4, -0.2) is 19.2 Å². The van der Waals surface area contributed by atoms with E-state index in [0.29, 0.717) is 19.0 Å². The van der Waals surface area contributed by atoms with Gasteiger partial charge in [-0.25, -0.2) is 0 Å². The second kappa shape index (κ2) is 4.21. The van der Waals surface area contributed by atoms with Gasteiger partial charge in [0.1, 0.15) is 19.8 Å². The number of carbonyl (C=O) groups is 1. The van der Waals surface area contributed by atoms with E-state index in [1.54, 1.807) is 0 Å². The molecule has 0 fully saturated rings. The Bertz CT molecular complexity index is 373. The van der Waals surface area contributed by atoms with Gasteiger partial charge < -0.3 is 14.2 Å². The van der Waals surface area contributed by atoms with Gasteiger partial charge in [-0.05, 0) is 17.7 Å². The number of rotatable bonds is 2. The quantitative estimate of drug-likeness (QED) is 0.691. The first-order valence-corrected chi connectivity index (χ1v) is 4.77. The molecule has 0 aliphatic carbocycles. The van der Waals surface area contributed by atoms with Gasteiger partial charge in [-0.2, -0.15) is 0 Å². The molecule has 0 saturated carbocycles. The van der Waals surface area contributed by atoms with Crippen LogP contribution in [0.1, 0.15) is 12.5 Å². The van der Waals surface area contributed by atoms with Gasteiger partial charge >= 0.3 is 5.97 Å². The van der Waals surface area contributed by atoms with E-state index in [2.05, 4.69) is 0 Å². The van der Waals surface area contributed by atoms with E-state index in [1.165, 1.54) is 6.92 Å². The molecule has 4 nitrogen and oxygen atoms in total. The molecule has 0 N–H and O–H groups in total. The molecular weight excluding hydrogens is 196 g/mol. The predicted octanol–water partition coefficient (Wildman–Crippen LogP) is 1.52. The molecule has 1 aromatic rings. The average molecular weight is 208 g/mol. The first kappa shape index (κ1) is 9.83. The van der Waals surface area contributed by atoms with Crippen LogP contribution >= 0.6 is 0 Å². The molecular formula is C11H12O4. The van der Waals surface area contributed by atoms with Gasteiger partial charge in [-0.15, -0.1) is 0 Å². The second-order valence-electron chi connectivity index (χ2n) is 3.26. The Balaban J connectivity index is 2.10. The standard InChI is InChI=1S/C11H12O4/c1-8(12)15-7-9-2-3-10-11(6-9)14-5-4-13-10/h2-3,6H,4-5,7H2,1H3. The molecule has 15 heavy (non-hydrogen) atoms. The second-order valence-corrected chi connectivity index (χ2v) is 3.26. The minimum absolute atomic E-state index is 0.270. The lowest BCUT2D eigenvalue weighted by Gasteiger charge is -2.18. The first-order chi connectivity index (χ1) is 7.25. The third-order valence-electron chi connectivity index (χ3n) is 2.05. The molecule has 4 heteroatoms. The van der Waals surface area contributed by atoms with Gasteiger partial charge in [-0.1, -0.05) is 6.07 Å². The third-order valence-corrected chi connectivity index (χ3v) is 2.05. The fourth-order valence-electron chi connectivity index (χ4n) is 1.36. The van der Waals surface area contributed by atoms with Crippen molar-refractivity contribution in [3.05, 3.63) is 23.8 Å². The minimum atomic E-state index is -0.287. The Morgan fingerprint density at radius 1 is 1.33 bits per heavy atom. The number of ether oxygens (including phenoxy) is 3. The van der Waals surface area contributed by atoms with Crippen molar-refractivity contribution >= 4 is 5.97 Å². The molecule has 0 atom stereocenters. The first-order valence-electron chi connectivity index (χ1n) is 4.77. The summed E-state index contributed by atoms with van der Waals surface area (Å²) in [6, 6.07) is 5.52. The molecule has 0 aromatic heterocycles. The van der Waals surface area contributed by atoms with E-state index < -0.39 is 0 Å². The van der Waals surface area contributed by atoms with Crippen molar-refractivity contribution in [2.24, 2.45) is 0 Å². The summed E-state index contributed by atoms with van der Waals surface area (Å²) in [5, 5.41) is 0. The van der Waals surface area contributed by atoms with Crippen molar-refractivity contribution in [3.8, 4) is 11.5 Å². The molecule has 80 valence electrons. The summed E-state index contributed by atoms with van der Waals surface area (Å²) in [5.74, 6) is 1.17. The summed E-state index contributed by atoms with van der Waals surface area (Å²) >= 11 is 0. The zero-order valence-electron chi connectivity index (χ0n) is 8.49. The van der Waals surface area contributed by atoms with Crippen LogP contribution in [0.3, 0.4) is 0 Å². The third kappa shape index (κ3) is 2.40. The molecule has 1 aromatic carbocycles. The lowest BCUT2D eigenvalue weighted by molar-refractivity contribution is -0.142. The van der Waals surface area contributed by atoms with E-state index in [4.69, 9.17) is 14.2 Å². The summed E-state index contributed by atoms with van der Waals surface area (Å²) in [6.45, 7) is 2.80. The van der Waals surface area contributed by atoms with E-state index in [9.17, 15) is 4.79 Å². The van der Waals surface area contributed by atoms with Gasteiger partial charge in [0.15, 0.2) is 11.5 Å². The highest BCUT2D eigenvalue weighted by atomic mass is 16.6.